The average Bonchev–Trinajstić information content (AvgIpc) is 3.23. The second-order valence-corrected chi connectivity index (χ2v) is 8.00. The minimum atomic E-state index is 0.168. The molecular formula is C22H29N3O2. The van der Waals surface area contributed by atoms with Crippen LogP contribution in [-0.2, 0) is 23.1 Å². The van der Waals surface area contributed by atoms with Crippen LogP contribution in [0.4, 0.5) is 0 Å². The number of para-hydroxylation sites is 1. The van der Waals surface area contributed by atoms with E-state index in [-0.39, 0.29) is 11.8 Å². The molecule has 1 saturated heterocycles. The van der Waals surface area contributed by atoms with Gasteiger partial charge < -0.3 is 14.4 Å². The predicted molar refractivity (Wildman–Crippen MR) is 106 cm³/mol. The van der Waals surface area contributed by atoms with Crippen LogP contribution in [0.25, 0.3) is 10.9 Å². The van der Waals surface area contributed by atoms with E-state index in [1.807, 2.05) is 29.0 Å². The van der Waals surface area contributed by atoms with E-state index in [1.165, 1.54) is 12.8 Å². The number of rotatable bonds is 3. The van der Waals surface area contributed by atoms with Gasteiger partial charge in [-0.3, -0.25) is 9.59 Å². The number of nitrogens with zero attached hydrogens (tertiary/aromatic N) is 3. The van der Waals surface area contributed by atoms with E-state index >= 15 is 0 Å². The lowest BCUT2D eigenvalue weighted by Crippen LogP contribution is -2.39. The van der Waals surface area contributed by atoms with E-state index in [1.54, 1.807) is 0 Å². The second-order valence-electron chi connectivity index (χ2n) is 8.00. The van der Waals surface area contributed by atoms with E-state index in [2.05, 4.69) is 22.9 Å². The monoisotopic (exact) mass is 367 g/mol. The highest BCUT2D eigenvalue weighted by Crippen LogP contribution is 2.27. The second kappa shape index (κ2) is 7.75. The lowest BCUT2D eigenvalue weighted by atomic mass is 10.1. The minimum absolute atomic E-state index is 0.168. The summed E-state index contributed by atoms with van der Waals surface area (Å²) in [5.41, 5.74) is 2.24. The molecule has 1 saturated carbocycles. The number of carbonyl (C=O) groups is 2. The number of aryl methyl sites for hydroxylation is 1. The van der Waals surface area contributed by atoms with Crippen molar-refractivity contribution < 1.29 is 9.59 Å². The summed E-state index contributed by atoms with van der Waals surface area (Å²) in [6, 6.07) is 8.22. The molecule has 1 aromatic heterocycles. The summed E-state index contributed by atoms with van der Waals surface area (Å²) in [5.74, 6) is 0.709. The maximum Gasteiger partial charge on any atom is 0.227 e. The fourth-order valence-corrected chi connectivity index (χ4v) is 4.66. The molecule has 1 aliphatic carbocycles. The van der Waals surface area contributed by atoms with Gasteiger partial charge in [-0.1, -0.05) is 31.0 Å². The van der Waals surface area contributed by atoms with Crippen molar-refractivity contribution in [1.29, 1.82) is 0 Å². The molecule has 0 radical (unpaired) electrons. The smallest absolute Gasteiger partial charge is 0.227 e. The van der Waals surface area contributed by atoms with E-state index in [0.717, 1.165) is 48.8 Å². The topological polar surface area (TPSA) is 45.6 Å². The molecule has 5 nitrogen and oxygen atoms in total. The number of carbonyl (C=O) groups excluding carboxylic acids is 2. The predicted octanol–water partition coefficient (Wildman–Crippen LogP) is 2.97. The molecule has 2 aromatic rings. The van der Waals surface area contributed by atoms with Crippen LogP contribution in [0.1, 0.15) is 37.7 Å². The van der Waals surface area contributed by atoms with E-state index in [4.69, 9.17) is 0 Å². The first-order valence-corrected chi connectivity index (χ1v) is 10.2. The molecule has 2 aliphatic rings. The molecule has 4 rings (SSSR count). The Balaban J connectivity index is 1.40. The maximum absolute atomic E-state index is 12.9. The van der Waals surface area contributed by atoms with Gasteiger partial charge in [0.05, 0.1) is 6.42 Å². The first kappa shape index (κ1) is 18.1. The van der Waals surface area contributed by atoms with Crippen molar-refractivity contribution in [3.8, 4) is 0 Å². The summed E-state index contributed by atoms with van der Waals surface area (Å²) in [5, 5.41) is 1.15. The number of benzene rings is 1. The molecule has 1 aliphatic heterocycles. The first-order chi connectivity index (χ1) is 13.1. The number of fused-ring (bicyclic) bond motifs is 1. The van der Waals surface area contributed by atoms with Crippen LogP contribution < -0.4 is 0 Å². The van der Waals surface area contributed by atoms with Crippen molar-refractivity contribution in [3.05, 3.63) is 36.0 Å². The van der Waals surface area contributed by atoms with Gasteiger partial charge >= 0.3 is 0 Å². The van der Waals surface area contributed by atoms with Crippen molar-refractivity contribution in [2.45, 2.75) is 38.5 Å². The van der Waals surface area contributed by atoms with Crippen LogP contribution in [0.2, 0.25) is 0 Å². The largest absolute Gasteiger partial charge is 0.350 e. The highest BCUT2D eigenvalue weighted by atomic mass is 16.2. The third kappa shape index (κ3) is 3.73. The van der Waals surface area contributed by atoms with Gasteiger partial charge in [0.15, 0.2) is 0 Å². The third-order valence-electron chi connectivity index (χ3n) is 6.19. The molecule has 27 heavy (non-hydrogen) atoms. The molecule has 5 heteroatoms. The van der Waals surface area contributed by atoms with Gasteiger partial charge in [-0.15, -0.1) is 0 Å². The van der Waals surface area contributed by atoms with Gasteiger partial charge in [0, 0.05) is 56.2 Å². The Kier molecular flexibility index (Phi) is 5.19. The number of aromatic nitrogens is 1. The van der Waals surface area contributed by atoms with E-state index < -0.39 is 0 Å². The van der Waals surface area contributed by atoms with Crippen LogP contribution in [-0.4, -0.2) is 52.4 Å². The molecule has 2 fully saturated rings. The van der Waals surface area contributed by atoms with Gasteiger partial charge in [-0.05, 0) is 30.9 Å². The van der Waals surface area contributed by atoms with Crippen molar-refractivity contribution in [2.75, 3.05) is 26.2 Å². The summed E-state index contributed by atoms with van der Waals surface area (Å²) in [6.45, 7) is 2.87. The third-order valence-corrected chi connectivity index (χ3v) is 6.19. The van der Waals surface area contributed by atoms with Crippen LogP contribution in [0, 0.1) is 5.92 Å². The zero-order chi connectivity index (χ0) is 18.8. The molecule has 0 unspecified atom stereocenters. The van der Waals surface area contributed by atoms with Crippen LogP contribution in [0.3, 0.4) is 0 Å². The van der Waals surface area contributed by atoms with Crippen molar-refractivity contribution in [2.24, 2.45) is 13.0 Å². The normalized spacial score (nSPS) is 18.9. The van der Waals surface area contributed by atoms with E-state index in [9.17, 15) is 9.59 Å². The van der Waals surface area contributed by atoms with Crippen molar-refractivity contribution in [3.63, 3.8) is 0 Å². The molecule has 0 spiro atoms. The first-order valence-electron chi connectivity index (χ1n) is 10.2. The average molecular weight is 367 g/mol. The Labute approximate surface area is 160 Å². The molecule has 0 atom stereocenters. The molecule has 2 amide bonds. The van der Waals surface area contributed by atoms with Gasteiger partial charge in [-0.25, -0.2) is 0 Å². The number of hydrogen-bond donors (Lipinski definition) is 0. The molecule has 2 heterocycles. The number of hydrogen-bond acceptors (Lipinski definition) is 2. The molecule has 0 N–H and O–H groups in total. The lowest BCUT2D eigenvalue weighted by Gasteiger charge is -2.24. The summed E-state index contributed by atoms with van der Waals surface area (Å²) >= 11 is 0. The van der Waals surface area contributed by atoms with Gasteiger partial charge in [0.1, 0.15) is 0 Å². The van der Waals surface area contributed by atoms with Crippen molar-refractivity contribution in [1.82, 2.24) is 14.4 Å². The molecule has 144 valence electrons. The Hall–Kier alpha value is -2.30. The van der Waals surface area contributed by atoms with E-state index in [0.29, 0.717) is 25.4 Å². The summed E-state index contributed by atoms with van der Waals surface area (Å²) in [4.78, 5) is 29.6. The van der Waals surface area contributed by atoms with Crippen LogP contribution in [0.15, 0.2) is 30.5 Å². The minimum Gasteiger partial charge on any atom is -0.350 e. The van der Waals surface area contributed by atoms with Gasteiger partial charge in [0.25, 0.3) is 0 Å². The van der Waals surface area contributed by atoms with Gasteiger partial charge in [0.2, 0.25) is 11.8 Å². The fraction of sp³-hybridized carbons (Fsp3) is 0.545. The zero-order valence-corrected chi connectivity index (χ0v) is 16.2. The standard InChI is InChI=1S/C22H29N3O2/c1-23-16-18(19-9-4-5-10-20(19)23)15-21(26)24-11-6-12-25(14-13-24)22(27)17-7-2-3-8-17/h4-5,9-10,16-17H,2-3,6-8,11-15H2,1H3. The zero-order valence-electron chi connectivity index (χ0n) is 16.2. The summed E-state index contributed by atoms with van der Waals surface area (Å²) in [6.07, 6.45) is 7.81. The Morgan fingerprint density at radius 3 is 2.48 bits per heavy atom. The molecule has 1 aromatic carbocycles. The van der Waals surface area contributed by atoms with Crippen molar-refractivity contribution >= 4 is 22.7 Å². The maximum atomic E-state index is 12.9. The van der Waals surface area contributed by atoms with Gasteiger partial charge in [-0.2, -0.15) is 0 Å². The number of amides is 2. The SMILES string of the molecule is Cn1cc(CC(=O)N2CCCN(C(=O)C3CCCC3)CC2)c2ccccc21. The molecule has 0 bridgehead atoms. The summed E-state index contributed by atoms with van der Waals surface area (Å²) < 4.78 is 2.09. The fourth-order valence-electron chi connectivity index (χ4n) is 4.66. The molecular weight excluding hydrogens is 338 g/mol. The quantitative estimate of drug-likeness (QED) is 0.837. The Bertz CT molecular complexity index is 835. The Morgan fingerprint density at radius 1 is 0.963 bits per heavy atom. The lowest BCUT2D eigenvalue weighted by molar-refractivity contribution is -0.136. The Morgan fingerprint density at radius 2 is 1.67 bits per heavy atom. The summed E-state index contributed by atoms with van der Waals surface area (Å²) in [7, 11) is 2.02. The van der Waals surface area contributed by atoms with Crippen LogP contribution in [0.5, 0.6) is 0 Å². The highest BCUT2D eigenvalue weighted by Gasteiger charge is 2.29. The highest BCUT2D eigenvalue weighted by molar-refractivity contribution is 5.89. The van der Waals surface area contributed by atoms with Crippen LogP contribution >= 0.6 is 0 Å².